The Labute approximate surface area is 142 Å². The molecular formula is C18H16N2O5. The maximum Gasteiger partial charge on any atom is 0.419 e. The van der Waals surface area contributed by atoms with Gasteiger partial charge in [-0.25, -0.2) is 4.79 Å². The standard InChI is InChI=1S/C18H16N2O5/c1-20-13-8-11(2-4-14(13)25-18(20)22)6-7-19-17(21)12-3-5-15-16(9-12)24-10-23-15/h2-5,8-9H,6-7,10H2,1H3,(H,19,21). The van der Waals surface area contributed by atoms with Crippen molar-refractivity contribution >= 4 is 17.0 Å². The number of hydrogen-bond donors (Lipinski definition) is 1. The van der Waals surface area contributed by atoms with Gasteiger partial charge in [0.1, 0.15) is 0 Å². The van der Waals surface area contributed by atoms with Crippen molar-refractivity contribution < 1.29 is 18.7 Å². The van der Waals surface area contributed by atoms with Gasteiger partial charge in [-0.1, -0.05) is 6.07 Å². The summed E-state index contributed by atoms with van der Waals surface area (Å²) >= 11 is 0. The molecule has 0 unspecified atom stereocenters. The molecule has 1 aliphatic rings. The second kappa shape index (κ2) is 6.01. The van der Waals surface area contributed by atoms with Crippen LogP contribution in [-0.4, -0.2) is 23.8 Å². The predicted octanol–water partition coefficient (Wildman–Crippen LogP) is 1.83. The molecule has 0 bridgehead atoms. The summed E-state index contributed by atoms with van der Waals surface area (Å²) in [5.41, 5.74) is 2.83. The number of aromatic nitrogens is 1. The van der Waals surface area contributed by atoms with Crippen LogP contribution in [0, 0.1) is 0 Å². The first-order chi connectivity index (χ1) is 12.1. The lowest BCUT2D eigenvalue weighted by atomic mass is 10.1. The Hall–Kier alpha value is -3.22. The average Bonchev–Trinajstić information content (AvgIpc) is 3.19. The molecule has 0 radical (unpaired) electrons. The molecule has 1 aliphatic heterocycles. The fourth-order valence-corrected chi connectivity index (χ4v) is 2.79. The van der Waals surface area contributed by atoms with Crippen molar-refractivity contribution in [2.45, 2.75) is 6.42 Å². The third kappa shape index (κ3) is 2.84. The summed E-state index contributed by atoms with van der Waals surface area (Å²) in [6.07, 6.45) is 0.644. The van der Waals surface area contributed by atoms with Crippen LogP contribution in [0.4, 0.5) is 0 Å². The first-order valence-corrected chi connectivity index (χ1v) is 7.88. The van der Waals surface area contributed by atoms with Gasteiger partial charge in [-0.2, -0.15) is 0 Å². The normalized spacial score (nSPS) is 12.5. The molecule has 0 aliphatic carbocycles. The third-order valence-electron chi connectivity index (χ3n) is 4.19. The molecule has 0 saturated carbocycles. The highest BCUT2D eigenvalue weighted by molar-refractivity contribution is 5.94. The van der Waals surface area contributed by atoms with Crippen molar-refractivity contribution in [3.05, 3.63) is 58.1 Å². The Bertz CT molecular complexity index is 1020. The summed E-state index contributed by atoms with van der Waals surface area (Å²) in [6, 6.07) is 10.7. The molecule has 2 aromatic carbocycles. The van der Waals surface area contributed by atoms with E-state index >= 15 is 0 Å². The molecule has 7 nitrogen and oxygen atoms in total. The van der Waals surface area contributed by atoms with Gasteiger partial charge in [0.15, 0.2) is 17.1 Å². The maximum absolute atomic E-state index is 12.2. The van der Waals surface area contributed by atoms with Crippen molar-refractivity contribution in [3.63, 3.8) is 0 Å². The number of rotatable bonds is 4. The molecule has 1 N–H and O–H groups in total. The number of nitrogens with zero attached hydrogens (tertiary/aromatic N) is 1. The van der Waals surface area contributed by atoms with Crippen LogP contribution in [-0.2, 0) is 13.5 Å². The summed E-state index contributed by atoms with van der Waals surface area (Å²) in [7, 11) is 1.67. The van der Waals surface area contributed by atoms with Gasteiger partial charge < -0.3 is 19.2 Å². The van der Waals surface area contributed by atoms with Crippen LogP contribution in [0.25, 0.3) is 11.1 Å². The molecule has 7 heteroatoms. The average molecular weight is 340 g/mol. The minimum absolute atomic E-state index is 0.171. The molecule has 1 aromatic heterocycles. The van der Waals surface area contributed by atoms with E-state index < -0.39 is 0 Å². The second-order valence-electron chi connectivity index (χ2n) is 5.80. The van der Waals surface area contributed by atoms with Gasteiger partial charge in [0.25, 0.3) is 5.91 Å². The summed E-state index contributed by atoms with van der Waals surface area (Å²) in [5.74, 6) is 0.674. The Morgan fingerprint density at radius 1 is 1.16 bits per heavy atom. The largest absolute Gasteiger partial charge is 0.454 e. The smallest absolute Gasteiger partial charge is 0.419 e. The Kier molecular flexibility index (Phi) is 3.68. The van der Waals surface area contributed by atoms with Crippen LogP contribution in [0.3, 0.4) is 0 Å². The van der Waals surface area contributed by atoms with Crippen molar-refractivity contribution in [1.82, 2.24) is 9.88 Å². The SMILES string of the molecule is Cn1c(=O)oc2ccc(CCNC(=O)c3ccc4c(c3)OCO4)cc21. The van der Waals surface area contributed by atoms with Crippen LogP contribution < -0.4 is 20.5 Å². The van der Waals surface area contributed by atoms with Crippen LogP contribution in [0.1, 0.15) is 15.9 Å². The lowest BCUT2D eigenvalue weighted by molar-refractivity contribution is 0.0953. The van der Waals surface area contributed by atoms with E-state index in [2.05, 4.69) is 5.32 Å². The number of benzene rings is 2. The first kappa shape index (κ1) is 15.3. The van der Waals surface area contributed by atoms with E-state index in [9.17, 15) is 9.59 Å². The Morgan fingerprint density at radius 3 is 2.88 bits per heavy atom. The molecule has 4 rings (SSSR count). The Balaban J connectivity index is 1.41. The monoisotopic (exact) mass is 340 g/mol. The van der Waals surface area contributed by atoms with E-state index in [1.807, 2.05) is 12.1 Å². The van der Waals surface area contributed by atoms with Gasteiger partial charge in [-0.15, -0.1) is 0 Å². The van der Waals surface area contributed by atoms with E-state index in [-0.39, 0.29) is 18.5 Å². The maximum atomic E-state index is 12.2. The van der Waals surface area contributed by atoms with Crippen LogP contribution in [0.15, 0.2) is 45.6 Å². The number of nitrogens with one attached hydrogen (secondary N) is 1. The van der Waals surface area contributed by atoms with E-state index in [0.29, 0.717) is 35.6 Å². The number of fused-ring (bicyclic) bond motifs is 2. The van der Waals surface area contributed by atoms with Crippen molar-refractivity contribution in [2.75, 3.05) is 13.3 Å². The third-order valence-corrected chi connectivity index (χ3v) is 4.19. The number of aryl methyl sites for hydroxylation is 1. The second-order valence-corrected chi connectivity index (χ2v) is 5.80. The lowest BCUT2D eigenvalue weighted by Crippen LogP contribution is -2.25. The van der Waals surface area contributed by atoms with Crippen molar-refractivity contribution in [3.8, 4) is 11.5 Å². The van der Waals surface area contributed by atoms with Crippen LogP contribution in [0.2, 0.25) is 0 Å². The van der Waals surface area contributed by atoms with E-state index in [4.69, 9.17) is 13.9 Å². The number of ether oxygens (including phenoxy) is 2. The summed E-state index contributed by atoms with van der Waals surface area (Å²) < 4.78 is 17.1. The molecule has 0 spiro atoms. The summed E-state index contributed by atoms with van der Waals surface area (Å²) in [6.45, 7) is 0.657. The Morgan fingerprint density at radius 2 is 2.00 bits per heavy atom. The van der Waals surface area contributed by atoms with Crippen molar-refractivity contribution in [2.24, 2.45) is 7.05 Å². The number of hydrogen-bond acceptors (Lipinski definition) is 5. The predicted molar refractivity (Wildman–Crippen MR) is 90.1 cm³/mol. The highest BCUT2D eigenvalue weighted by Gasteiger charge is 2.16. The van der Waals surface area contributed by atoms with E-state index in [1.54, 1.807) is 31.3 Å². The van der Waals surface area contributed by atoms with E-state index in [0.717, 1.165) is 11.1 Å². The van der Waals surface area contributed by atoms with Crippen molar-refractivity contribution in [1.29, 1.82) is 0 Å². The number of carbonyl (C=O) groups excluding carboxylic acids is 1. The molecule has 0 saturated heterocycles. The molecule has 128 valence electrons. The zero-order chi connectivity index (χ0) is 17.4. The minimum Gasteiger partial charge on any atom is -0.454 e. The summed E-state index contributed by atoms with van der Waals surface area (Å²) in [5, 5.41) is 2.88. The molecular weight excluding hydrogens is 324 g/mol. The first-order valence-electron chi connectivity index (χ1n) is 7.88. The number of oxazole rings is 1. The molecule has 0 fully saturated rings. The van der Waals surface area contributed by atoms with Gasteiger partial charge in [0, 0.05) is 19.2 Å². The highest BCUT2D eigenvalue weighted by atomic mass is 16.7. The fraction of sp³-hybridized carbons (Fsp3) is 0.222. The molecule has 2 heterocycles. The topological polar surface area (TPSA) is 82.7 Å². The van der Waals surface area contributed by atoms with Gasteiger partial charge in [0.05, 0.1) is 5.52 Å². The summed E-state index contributed by atoms with van der Waals surface area (Å²) in [4.78, 5) is 23.7. The molecule has 1 amide bonds. The van der Waals surface area contributed by atoms with Gasteiger partial charge in [-0.05, 0) is 42.3 Å². The van der Waals surface area contributed by atoms with Crippen LogP contribution in [0.5, 0.6) is 11.5 Å². The molecule has 0 atom stereocenters. The number of amides is 1. The van der Waals surface area contributed by atoms with Crippen LogP contribution >= 0.6 is 0 Å². The van der Waals surface area contributed by atoms with E-state index in [1.165, 1.54) is 4.57 Å². The van der Waals surface area contributed by atoms with Gasteiger partial charge >= 0.3 is 5.76 Å². The van der Waals surface area contributed by atoms with Gasteiger partial charge in [-0.3, -0.25) is 9.36 Å². The minimum atomic E-state index is -0.386. The molecule has 25 heavy (non-hydrogen) atoms. The molecule has 3 aromatic rings. The highest BCUT2D eigenvalue weighted by Crippen LogP contribution is 2.32. The zero-order valence-electron chi connectivity index (χ0n) is 13.6. The number of carbonyl (C=O) groups is 1. The quantitative estimate of drug-likeness (QED) is 0.783. The van der Waals surface area contributed by atoms with Gasteiger partial charge in [0.2, 0.25) is 6.79 Å². The zero-order valence-corrected chi connectivity index (χ0v) is 13.6. The fourth-order valence-electron chi connectivity index (χ4n) is 2.79. The lowest BCUT2D eigenvalue weighted by Gasteiger charge is -2.06.